The van der Waals surface area contributed by atoms with Gasteiger partial charge in [-0.3, -0.25) is 4.79 Å². The van der Waals surface area contributed by atoms with Crippen molar-refractivity contribution in [3.8, 4) is 0 Å². The highest BCUT2D eigenvalue weighted by Crippen LogP contribution is 2.35. The molecule has 0 fully saturated rings. The first-order valence-corrected chi connectivity index (χ1v) is 5.95. The van der Waals surface area contributed by atoms with E-state index < -0.39 is 10.7 Å². The number of nitrogens with zero attached hydrogens (tertiary/aromatic N) is 2. The second-order valence-corrected chi connectivity index (χ2v) is 5.74. The molecule has 0 aliphatic carbocycles. The molecular formula is C11H16N2O2S. The van der Waals surface area contributed by atoms with Crippen LogP contribution in [0.3, 0.4) is 0 Å². The highest BCUT2D eigenvalue weighted by atomic mass is 32.2. The summed E-state index contributed by atoms with van der Waals surface area (Å²) in [4.78, 5) is 19.4. The fraction of sp³-hybridized carbons (Fsp3) is 0.545. The Morgan fingerprint density at radius 1 is 1.50 bits per heavy atom. The van der Waals surface area contributed by atoms with E-state index in [2.05, 4.69) is 9.97 Å². The van der Waals surface area contributed by atoms with Crippen LogP contribution in [0, 0.1) is 5.92 Å². The molecule has 0 amide bonds. The van der Waals surface area contributed by atoms with Crippen molar-refractivity contribution in [3.05, 3.63) is 18.5 Å². The zero-order chi connectivity index (χ0) is 12.2. The molecule has 5 heteroatoms. The van der Waals surface area contributed by atoms with Crippen LogP contribution in [-0.2, 0) is 4.79 Å². The summed E-state index contributed by atoms with van der Waals surface area (Å²) in [6.45, 7) is 5.73. The van der Waals surface area contributed by atoms with Gasteiger partial charge in [0.1, 0.15) is 4.75 Å². The number of rotatable bonds is 5. The van der Waals surface area contributed by atoms with Gasteiger partial charge in [0.15, 0.2) is 5.16 Å². The van der Waals surface area contributed by atoms with Crippen molar-refractivity contribution >= 4 is 17.7 Å². The van der Waals surface area contributed by atoms with E-state index in [1.54, 1.807) is 25.4 Å². The Morgan fingerprint density at radius 2 is 2.06 bits per heavy atom. The second-order valence-electron chi connectivity index (χ2n) is 4.27. The Morgan fingerprint density at radius 3 is 2.50 bits per heavy atom. The average molecular weight is 240 g/mol. The van der Waals surface area contributed by atoms with Crippen molar-refractivity contribution in [3.63, 3.8) is 0 Å². The van der Waals surface area contributed by atoms with Crippen molar-refractivity contribution in [1.29, 1.82) is 0 Å². The minimum atomic E-state index is -0.866. The molecule has 1 atom stereocenters. The normalized spacial score (nSPS) is 14.8. The molecule has 1 heterocycles. The first kappa shape index (κ1) is 13.0. The van der Waals surface area contributed by atoms with Crippen LogP contribution in [0.2, 0.25) is 0 Å². The fourth-order valence-corrected chi connectivity index (χ4v) is 2.63. The van der Waals surface area contributed by atoms with E-state index >= 15 is 0 Å². The average Bonchev–Trinajstić information content (AvgIpc) is 2.17. The Bertz CT molecular complexity index is 356. The molecular weight excluding hydrogens is 224 g/mol. The zero-order valence-corrected chi connectivity index (χ0v) is 10.5. The molecule has 88 valence electrons. The van der Waals surface area contributed by atoms with Crippen LogP contribution < -0.4 is 0 Å². The molecule has 0 radical (unpaired) electrons. The highest BCUT2D eigenvalue weighted by molar-refractivity contribution is 8.01. The van der Waals surface area contributed by atoms with Gasteiger partial charge in [-0.05, 0) is 25.3 Å². The van der Waals surface area contributed by atoms with Gasteiger partial charge in [0, 0.05) is 12.4 Å². The first-order chi connectivity index (χ1) is 7.44. The van der Waals surface area contributed by atoms with Crippen molar-refractivity contribution in [1.82, 2.24) is 9.97 Å². The van der Waals surface area contributed by atoms with Crippen LogP contribution in [0.1, 0.15) is 27.2 Å². The van der Waals surface area contributed by atoms with E-state index in [4.69, 9.17) is 0 Å². The molecule has 0 bridgehead atoms. The van der Waals surface area contributed by atoms with E-state index in [9.17, 15) is 9.90 Å². The lowest BCUT2D eigenvalue weighted by atomic mass is 9.98. The highest BCUT2D eigenvalue weighted by Gasteiger charge is 2.36. The monoisotopic (exact) mass is 240 g/mol. The molecule has 1 N–H and O–H groups in total. The predicted molar refractivity (Wildman–Crippen MR) is 63.4 cm³/mol. The summed E-state index contributed by atoms with van der Waals surface area (Å²) in [6, 6.07) is 1.71. The van der Waals surface area contributed by atoms with Gasteiger partial charge in [-0.25, -0.2) is 9.97 Å². The van der Waals surface area contributed by atoms with Crippen LogP contribution >= 0.6 is 11.8 Å². The van der Waals surface area contributed by atoms with Crippen LogP contribution in [0.5, 0.6) is 0 Å². The lowest BCUT2D eigenvalue weighted by molar-refractivity contribution is -0.139. The van der Waals surface area contributed by atoms with E-state index in [0.29, 0.717) is 17.5 Å². The van der Waals surface area contributed by atoms with Gasteiger partial charge in [-0.15, -0.1) is 0 Å². The fourth-order valence-electron chi connectivity index (χ4n) is 1.49. The van der Waals surface area contributed by atoms with Gasteiger partial charge in [0.05, 0.1) is 0 Å². The number of hydrogen-bond acceptors (Lipinski definition) is 4. The largest absolute Gasteiger partial charge is 0.480 e. The molecule has 4 nitrogen and oxygen atoms in total. The number of aromatic nitrogens is 2. The molecule has 0 aromatic carbocycles. The van der Waals surface area contributed by atoms with E-state index in [0.717, 1.165) is 0 Å². The van der Waals surface area contributed by atoms with Gasteiger partial charge >= 0.3 is 5.97 Å². The van der Waals surface area contributed by atoms with E-state index in [1.807, 2.05) is 13.8 Å². The maximum Gasteiger partial charge on any atom is 0.319 e. The third-order valence-corrected chi connectivity index (χ3v) is 3.29. The van der Waals surface area contributed by atoms with Crippen LogP contribution in [0.15, 0.2) is 23.6 Å². The van der Waals surface area contributed by atoms with Crippen LogP contribution in [-0.4, -0.2) is 25.8 Å². The zero-order valence-electron chi connectivity index (χ0n) is 9.67. The number of aliphatic carboxylic acids is 1. The maximum absolute atomic E-state index is 11.3. The summed E-state index contributed by atoms with van der Waals surface area (Å²) in [7, 11) is 0. The summed E-state index contributed by atoms with van der Waals surface area (Å²) >= 11 is 1.21. The summed E-state index contributed by atoms with van der Waals surface area (Å²) in [5.41, 5.74) is 0. The summed E-state index contributed by atoms with van der Waals surface area (Å²) in [6.07, 6.45) is 3.82. The van der Waals surface area contributed by atoms with Gasteiger partial charge in [-0.2, -0.15) is 0 Å². The molecule has 1 rings (SSSR count). The second kappa shape index (κ2) is 5.30. The number of thioether (sulfide) groups is 1. The van der Waals surface area contributed by atoms with Gasteiger partial charge < -0.3 is 5.11 Å². The molecule has 0 aliphatic heterocycles. The van der Waals surface area contributed by atoms with Crippen LogP contribution in [0.4, 0.5) is 0 Å². The van der Waals surface area contributed by atoms with Crippen molar-refractivity contribution in [2.45, 2.75) is 37.1 Å². The SMILES string of the molecule is CC(C)CC(C)(Sc1ncccn1)C(=O)O. The predicted octanol–water partition coefficient (Wildman–Crippen LogP) is 2.46. The molecule has 0 saturated heterocycles. The van der Waals surface area contributed by atoms with Gasteiger partial charge in [0.2, 0.25) is 0 Å². The van der Waals surface area contributed by atoms with Crippen molar-refractivity contribution < 1.29 is 9.90 Å². The number of carbonyl (C=O) groups is 1. The Balaban J connectivity index is 2.83. The summed E-state index contributed by atoms with van der Waals surface area (Å²) in [5, 5.41) is 9.77. The Labute approximate surface area is 99.5 Å². The minimum absolute atomic E-state index is 0.317. The Hall–Kier alpha value is -1.10. The molecule has 1 unspecified atom stereocenters. The number of carboxylic acids is 1. The van der Waals surface area contributed by atoms with Gasteiger partial charge in [-0.1, -0.05) is 25.6 Å². The summed E-state index contributed by atoms with van der Waals surface area (Å²) < 4.78 is -0.866. The van der Waals surface area contributed by atoms with Gasteiger partial charge in [0.25, 0.3) is 0 Å². The van der Waals surface area contributed by atoms with E-state index in [-0.39, 0.29) is 0 Å². The maximum atomic E-state index is 11.3. The molecule has 0 spiro atoms. The third kappa shape index (κ3) is 3.48. The Kier molecular flexibility index (Phi) is 4.29. The molecule has 16 heavy (non-hydrogen) atoms. The first-order valence-electron chi connectivity index (χ1n) is 5.13. The molecule has 1 aromatic rings. The minimum Gasteiger partial charge on any atom is -0.480 e. The lowest BCUT2D eigenvalue weighted by Crippen LogP contribution is -2.33. The van der Waals surface area contributed by atoms with Crippen molar-refractivity contribution in [2.24, 2.45) is 5.92 Å². The summed E-state index contributed by atoms with van der Waals surface area (Å²) in [5.74, 6) is -0.504. The lowest BCUT2D eigenvalue weighted by Gasteiger charge is -2.24. The smallest absolute Gasteiger partial charge is 0.319 e. The quantitative estimate of drug-likeness (QED) is 0.632. The van der Waals surface area contributed by atoms with Crippen molar-refractivity contribution in [2.75, 3.05) is 0 Å². The molecule has 1 aromatic heterocycles. The molecule has 0 aliphatic rings. The standard InChI is InChI=1S/C11H16N2O2S/c1-8(2)7-11(3,9(14)15)16-10-12-5-4-6-13-10/h4-6,8H,7H2,1-3H3,(H,14,15). The topological polar surface area (TPSA) is 63.1 Å². The number of carboxylic acid groups (broad SMARTS) is 1. The van der Waals surface area contributed by atoms with E-state index in [1.165, 1.54) is 11.8 Å². The number of hydrogen-bond donors (Lipinski definition) is 1. The third-order valence-electron chi connectivity index (χ3n) is 2.11. The van der Waals surface area contributed by atoms with Crippen LogP contribution in [0.25, 0.3) is 0 Å². The molecule has 0 saturated carbocycles.